The van der Waals surface area contributed by atoms with Crippen LogP contribution in [0, 0.1) is 0 Å². The average molecular weight is 371 g/mol. The fraction of sp³-hybridized carbons (Fsp3) is 0.316. The van der Waals surface area contributed by atoms with Crippen molar-refractivity contribution in [3.8, 4) is 0 Å². The number of H-pyrrole nitrogens is 2. The average Bonchev–Trinajstić information content (AvgIpc) is 2.99. The fourth-order valence-electron chi connectivity index (χ4n) is 3.44. The molecule has 0 radical (unpaired) electrons. The van der Waals surface area contributed by atoms with E-state index in [1.165, 1.54) is 21.5 Å². The lowest BCUT2D eigenvalue weighted by Crippen LogP contribution is -2.36. The summed E-state index contributed by atoms with van der Waals surface area (Å²) in [6.07, 6.45) is 0.705. The molecule has 1 aliphatic rings. The van der Waals surface area contributed by atoms with E-state index in [2.05, 4.69) is 42.0 Å². The monoisotopic (exact) mass is 371 g/mol. The Hall–Kier alpha value is -2.38. The van der Waals surface area contributed by atoms with Gasteiger partial charge in [-0.05, 0) is 47.2 Å². The van der Waals surface area contributed by atoms with Crippen molar-refractivity contribution in [2.75, 3.05) is 6.54 Å². The van der Waals surface area contributed by atoms with E-state index in [9.17, 15) is 13.2 Å². The Morgan fingerprint density at radius 1 is 1.00 bits per heavy atom. The maximum absolute atomic E-state index is 13.1. The zero-order valence-corrected chi connectivity index (χ0v) is 15.6. The Kier molecular flexibility index (Phi) is 4.00. The topological polar surface area (TPSA) is 86.0 Å². The summed E-state index contributed by atoms with van der Waals surface area (Å²) >= 11 is 0. The third-order valence-corrected chi connectivity index (χ3v) is 6.84. The van der Waals surface area contributed by atoms with Crippen LogP contribution in [0.5, 0.6) is 0 Å². The molecule has 7 heteroatoms. The van der Waals surface area contributed by atoms with Gasteiger partial charge in [0.15, 0.2) is 0 Å². The van der Waals surface area contributed by atoms with Crippen LogP contribution in [0.2, 0.25) is 0 Å². The summed E-state index contributed by atoms with van der Waals surface area (Å²) in [5.41, 5.74) is 4.25. The van der Waals surface area contributed by atoms with Crippen LogP contribution in [-0.4, -0.2) is 29.2 Å². The van der Waals surface area contributed by atoms with Gasteiger partial charge in [-0.2, -0.15) is 4.31 Å². The standard InChI is InChI=1S/C19H21N3O3S/c1-12(2)14-4-3-13-7-8-22(11-15(13)9-14)26(24,25)16-5-6-17-18(10-16)21-19(23)20-17/h3-6,9-10,12H,7-8,11H2,1-2H3,(H2,20,21,23). The molecule has 3 aromatic rings. The number of imidazole rings is 1. The number of nitrogens with zero attached hydrogens (tertiary/aromatic N) is 1. The van der Waals surface area contributed by atoms with Crippen molar-refractivity contribution in [1.82, 2.24) is 14.3 Å². The molecule has 0 saturated heterocycles. The van der Waals surface area contributed by atoms with E-state index in [0.717, 1.165) is 5.56 Å². The molecule has 0 aliphatic carbocycles. The van der Waals surface area contributed by atoms with Crippen LogP contribution < -0.4 is 5.69 Å². The number of hydrogen-bond donors (Lipinski definition) is 2. The van der Waals surface area contributed by atoms with Crippen molar-refractivity contribution >= 4 is 21.1 Å². The normalized spacial score (nSPS) is 15.5. The molecule has 1 aliphatic heterocycles. The Balaban J connectivity index is 1.69. The van der Waals surface area contributed by atoms with E-state index in [0.29, 0.717) is 36.5 Å². The van der Waals surface area contributed by atoms with Crippen LogP contribution in [0.1, 0.15) is 36.5 Å². The summed E-state index contributed by atoms with van der Waals surface area (Å²) in [6.45, 7) is 5.09. The molecular formula is C19H21N3O3S. The summed E-state index contributed by atoms with van der Waals surface area (Å²) in [6, 6.07) is 11.0. The predicted octanol–water partition coefficient (Wildman–Crippen LogP) is 2.73. The first-order valence-corrected chi connectivity index (χ1v) is 10.1. The van der Waals surface area contributed by atoms with Gasteiger partial charge in [0.2, 0.25) is 10.0 Å². The van der Waals surface area contributed by atoms with Gasteiger partial charge >= 0.3 is 5.69 Å². The highest BCUT2D eigenvalue weighted by molar-refractivity contribution is 7.89. The lowest BCUT2D eigenvalue weighted by Gasteiger charge is -2.28. The molecule has 2 heterocycles. The Labute approximate surface area is 151 Å². The second-order valence-corrected chi connectivity index (χ2v) is 9.00. The van der Waals surface area contributed by atoms with Gasteiger partial charge in [0, 0.05) is 13.1 Å². The zero-order valence-electron chi connectivity index (χ0n) is 14.7. The van der Waals surface area contributed by atoms with Gasteiger partial charge in [-0.3, -0.25) is 0 Å². The van der Waals surface area contributed by atoms with E-state index < -0.39 is 10.0 Å². The molecule has 2 aromatic carbocycles. The third kappa shape index (κ3) is 2.87. The van der Waals surface area contributed by atoms with Gasteiger partial charge in [0.05, 0.1) is 15.9 Å². The van der Waals surface area contributed by atoms with Crippen LogP contribution in [0.3, 0.4) is 0 Å². The first kappa shape index (κ1) is 17.1. The van der Waals surface area contributed by atoms with Crippen LogP contribution >= 0.6 is 0 Å². The molecular weight excluding hydrogens is 350 g/mol. The molecule has 4 rings (SSSR count). The van der Waals surface area contributed by atoms with E-state index >= 15 is 0 Å². The number of hydrogen-bond acceptors (Lipinski definition) is 3. The second-order valence-electron chi connectivity index (χ2n) is 7.06. The number of benzene rings is 2. The molecule has 136 valence electrons. The van der Waals surface area contributed by atoms with Crippen molar-refractivity contribution in [3.63, 3.8) is 0 Å². The van der Waals surface area contributed by atoms with Gasteiger partial charge < -0.3 is 9.97 Å². The highest BCUT2D eigenvalue weighted by Crippen LogP contribution is 2.28. The van der Waals surface area contributed by atoms with Crippen molar-refractivity contribution in [1.29, 1.82) is 0 Å². The highest BCUT2D eigenvalue weighted by Gasteiger charge is 2.28. The molecule has 6 nitrogen and oxygen atoms in total. The molecule has 0 fully saturated rings. The largest absolute Gasteiger partial charge is 0.323 e. The zero-order chi connectivity index (χ0) is 18.5. The Morgan fingerprint density at radius 3 is 2.54 bits per heavy atom. The van der Waals surface area contributed by atoms with Crippen molar-refractivity contribution in [3.05, 3.63) is 63.6 Å². The number of nitrogens with one attached hydrogen (secondary N) is 2. The van der Waals surface area contributed by atoms with Crippen molar-refractivity contribution < 1.29 is 8.42 Å². The first-order valence-electron chi connectivity index (χ1n) is 8.68. The van der Waals surface area contributed by atoms with E-state index in [-0.39, 0.29) is 10.6 Å². The summed E-state index contributed by atoms with van der Waals surface area (Å²) in [7, 11) is -3.62. The molecule has 0 bridgehead atoms. The molecule has 0 saturated carbocycles. The summed E-state index contributed by atoms with van der Waals surface area (Å²) < 4.78 is 27.7. The molecule has 26 heavy (non-hydrogen) atoms. The van der Waals surface area contributed by atoms with Gasteiger partial charge in [0.25, 0.3) is 0 Å². The second kappa shape index (κ2) is 6.10. The van der Waals surface area contributed by atoms with Crippen LogP contribution in [0.15, 0.2) is 46.1 Å². The lowest BCUT2D eigenvalue weighted by atomic mass is 9.94. The van der Waals surface area contributed by atoms with Gasteiger partial charge in [-0.15, -0.1) is 0 Å². The van der Waals surface area contributed by atoms with Gasteiger partial charge in [0.1, 0.15) is 0 Å². The number of aromatic nitrogens is 2. The van der Waals surface area contributed by atoms with Crippen molar-refractivity contribution in [2.24, 2.45) is 0 Å². The predicted molar refractivity (Wildman–Crippen MR) is 101 cm³/mol. The maximum atomic E-state index is 13.1. The van der Waals surface area contributed by atoms with E-state index in [1.54, 1.807) is 12.1 Å². The van der Waals surface area contributed by atoms with Gasteiger partial charge in [-0.25, -0.2) is 13.2 Å². The minimum absolute atomic E-state index is 0.198. The number of fused-ring (bicyclic) bond motifs is 2. The van der Waals surface area contributed by atoms with Gasteiger partial charge in [-0.1, -0.05) is 32.0 Å². The number of sulfonamides is 1. The minimum Gasteiger partial charge on any atom is -0.306 e. The summed E-state index contributed by atoms with van der Waals surface area (Å²) in [5, 5.41) is 0. The molecule has 0 spiro atoms. The highest BCUT2D eigenvalue weighted by atomic mass is 32.2. The summed E-state index contributed by atoms with van der Waals surface area (Å²) in [5.74, 6) is 0.403. The van der Waals surface area contributed by atoms with Crippen LogP contribution in [0.4, 0.5) is 0 Å². The molecule has 0 amide bonds. The first-order chi connectivity index (χ1) is 12.3. The van der Waals surface area contributed by atoms with Crippen LogP contribution in [0.25, 0.3) is 11.0 Å². The molecule has 2 N–H and O–H groups in total. The lowest BCUT2D eigenvalue weighted by molar-refractivity contribution is 0.391. The fourth-order valence-corrected chi connectivity index (χ4v) is 4.88. The quantitative estimate of drug-likeness (QED) is 0.742. The molecule has 0 atom stereocenters. The molecule has 0 unspecified atom stereocenters. The van der Waals surface area contributed by atoms with Crippen molar-refractivity contribution in [2.45, 2.75) is 37.6 Å². The van der Waals surface area contributed by atoms with E-state index in [4.69, 9.17) is 0 Å². The summed E-state index contributed by atoms with van der Waals surface area (Å²) in [4.78, 5) is 16.8. The Morgan fingerprint density at radius 2 is 1.77 bits per heavy atom. The maximum Gasteiger partial charge on any atom is 0.323 e. The third-order valence-electron chi connectivity index (χ3n) is 5.00. The number of aromatic amines is 2. The minimum atomic E-state index is -3.62. The van der Waals surface area contributed by atoms with E-state index in [1.807, 2.05) is 0 Å². The SMILES string of the molecule is CC(C)c1ccc2c(c1)CN(S(=O)(=O)c1ccc3[nH]c(=O)[nH]c3c1)CC2. The Bertz CT molecular complexity index is 1140. The van der Waals surface area contributed by atoms with Crippen LogP contribution in [-0.2, 0) is 23.0 Å². The smallest absolute Gasteiger partial charge is 0.306 e. The molecule has 1 aromatic heterocycles. The number of rotatable bonds is 3.